The molecule has 1 N–H and O–H groups in total. The Balaban J connectivity index is 2.44. The molecule has 1 aromatic heterocycles. The number of aromatic amines is 1. The summed E-state index contributed by atoms with van der Waals surface area (Å²) in [6.45, 7) is 8.56. The lowest BCUT2D eigenvalue weighted by molar-refractivity contribution is 0.0594. The Bertz CT molecular complexity index is 990. The van der Waals surface area contributed by atoms with Gasteiger partial charge in [-0.1, -0.05) is 24.6 Å². The van der Waals surface area contributed by atoms with Crippen LogP contribution in [0.4, 0.5) is 0 Å². The van der Waals surface area contributed by atoms with Gasteiger partial charge in [-0.2, -0.15) is 4.31 Å². The predicted octanol–water partition coefficient (Wildman–Crippen LogP) is 3.01. The van der Waals surface area contributed by atoms with Gasteiger partial charge < -0.3 is 9.72 Å². The van der Waals surface area contributed by atoms with Gasteiger partial charge in [-0.3, -0.25) is 4.79 Å². The van der Waals surface area contributed by atoms with E-state index in [9.17, 15) is 18.0 Å². The number of nitrogens with one attached hydrogen (secondary N) is 1. The Labute approximate surface area is 165 Å². The number of carbonyl (C=O) groups excluding carboxylic acids is 2. The van der Waals surface area contributed by atoms with E-state index in [0.717, 1.165) is 5.56 Å². The van der Waals surface area contributed by atoms with Crippen molar-refractivity contribution in [2.24, 2.45) is 0 Å². The number of benzene rings is 1. The molecule has 0 aliphatic heterocycles. The van der Waals surface area contributed by atoms with E-state index in [0.29, 0.717) is 16.8 Å². The van der Waals surface area contributed by atoms with Gasteiger partial charge in [-0.25, -0.2) is 13.2 Å². The maximum atomic E-state index is 13.2. The van der Waals surface area contributed by atoms with E-state index in [1.165, 1.54) is 23.5 Å². The van der Waals surface area contributed by atoms with Gasteiger partial charge in [0.1, 0.15) is 5.69 Å². The molecule has 0 amide bonds. The van der Waals surface area contributed by atoms with Crippen LogP contribution in [0.25, 0.3) is 0 Å². The van der Waals surface area contributed by atoms with Gasteiger partial charge in [0.05, 0.1) is 18.0 Å². The second-order valence-corrected chi connectivity index (χ2v) is 8.57. The van der Waals surface area contributed by atoms with Crippen molar-refractivity contribution < 1.29 is 22.7 Å². The van der Waals surface area contributed by atoms with E-state index < -0.39 is 22.0 Å². The minimum atomic E-state index is -3.85. The fraction of sp³-hybridized carbons (Fsp3) is 0.400. The third kappa shape index (κ3) is 3.88. The van der Waals surface area contributed by atoms with E-state index in [1.807, 2.05) is 6.92 Å². The van der Waals surface area contributed by atoms with E-state index >= 15 is 0 Å². The van der Waals surface area contributed by atoms with Crippen LogP contribution in [-0.4, -0.2) is 49.2 Å². The molecule has 0 aliphatic rings. The van der Waals surface area contributed by atoms with Crippen molar-refractivity contribution in [3.8, 4) is 0 Å². The summed E-state index contributed by atoms with van der Waals surface area (Å²) < 4.78 is 32.0. The first-order valence-corrected chi connectivity index (χ1v) is 10.4. The summed E-state index contributed by atoms with van der Waals surface area (Å²) in [4.78, 5) is 28.1. The van der Waals surface area contributed by atoms with E-state index in [1.54, 1.807) is 39.8 Å². The summed E-state index contributed by atoms with van der Waals surface area (Å²) in [6, 6.07) is 5.57. The number of aromatic nitrogens is 1. The number of H-pyrrole nitrogens is 1. The number of aryl methyl sites for hydroxylation is 2. The molecule has 1 heterocycles. The molecule has 0 fully saturated rings. The first-order chi connectivity index (χ1) is 13.1. The van der Waals surface area contributed by atoms with Crippen molar-refractivity contribution >= 4 is 21.8 Å². The maximum Gasteiger partial charge on any atom is 0.354 e. The van der Waals surface area contributed by atoms with Gasteiger partial charge in [-0.05, 0) is 45.4 Å². The fourth-order valence-corrected chi connectivity index (χ4v) is 4.87. The molecule has 1 aromatic carbocycles. The number of carbonyl (C=O) groups is 2. The highest BCUT2D eigenvalue weighted by molar-refractivity contribution is 7.89. The average Bonchev–Trinajstić information content (AvgIpc) is 2.95. The number of methoxy groups -OCH3 is 1. The van der Waals surface area contributed by atoms with E-state index in [4.69, 9.17) is 4.74 Å². The van der Waals surface area contributed by atoms with Gasteiger partial charge >= 0.3 is 5.97 Å². The monoisotopic (exact) mass is 406 g/mol. The zero-order valence-corrected chi connectivity index (χ0v) is 17.8. The first kappa shape index (κ1) is 21.8. The summed E-state index contributed by atoms with van der Waals surface area (Å²) >= 11 is 0. The second-order valence-electron chi connectivity index (χ2n) is 6.68. The molecule has 0 unspecified atom stereocenters. The number of ether oxygens (including phenoxy) is 1. The lowest BCUT2D eigenvalue weighted by Crippen LogP contribution is -2.43. The highest BCUT2D eigenvalue weighted by atomic mass is 32.2. The summed E-state index contributed by atoms with van der Waals surface area (Å²) in [6.07, 6.45) is 0. The second kappa shape index (κ2) is 8.28. The Hall–Kier alpha value is -2.45. The predicted molar refractivity (Wildman–Crippen MR) is 106 cm³/mol. The van der Waals surface area contributed by atoms with Crippen molar-refractivity contribution in [2.45, 2.75) is 45.6 Å². The standard InChI is InChI=1S/C20H26N2O5S/c1-7-22(28(25,26)16-10-8-12(2)9-11-16)15(5)19(23)17-13(3)18(20(24)27-6)21-14(17)4/h8-11,15,21H,7H2,1-6H3/t15-/m1/s1. The minimum absolute atomic E-state index is 0.134. The molecule has 152 valence electrons. The molecule has 2 aromatic rings. The van der Waals surface area contributed by atoms with Crippen molar-refractivity contribution in [2.75, 3.05) is 13.7 Å². The topological polar surface area (TPSA) is 96.5 Å². The van der Waals surface area contributed by atoms with Crippen LogP contribution in [0.15, 0.2) is 29.2 Å². The molecule has 2 rings (SSSR count). The molecule has 28 heavy (non-hydrogen) atoms. The lowest BCUT2D eigenvalue weighted by atomic mass is 10.0. The number of rotatable bonds is 7. The van der Waals surface area contributed by atoms with Gasteiger partial charge in [0.25, 0.3) is 0 Å². The Morgan fingerprint density at radius 2 is 1.71 bits per heavy atom. The molecule has 7 nitrogen and oxygen atoms in total. The largest absolute Gasteiger partial charge is 0.464 e. The number of nitrogens with zero attached hydrogens (tertiary/aromatic N) is 1. The normalized spacial score (nSPS) is 12.8. The van der Waals surface area contributed by atoms with Gasteiger partial charge in [0, 0.05) is 17.8 Å². The van der Waals surface area contributed by atoms with Crippen LogP contribution in [0.1, 0.15) is 51.5 Å². The van der Waals surface area contributed by atoms with Crippen LogP contribution < -0.4 is 0 Å². The van der Waals surface area contributed by atoms with Crippen molar-refractivity contribution in [3.63, 3.8) is 0 Å². The van der Waals surface area contributed by atoms with Crippen molar-refractivity contribution in [1.82, 2.24) is 9.29 Å². The van der Waals surface area contributed by atoms with Gasteiger partial charge in [0.2, 0.25) is 10.0 Å². The summed E-state index contributed by atoms with van der Waals surface area (Å²) in [7, 11) is -2.59. The van der Waals surface area contributed by atoms with Crippen LogP contribution in [0, 0.1) is 20.8 Å². The third-order valence-electron chi connectivity index (χ3n) is 4.82. The molecule has 0 spiro atoms. The smallest absolute Gasteiger partial charge is 0.354 e. The first-order valence-electron chi connectivity index (χ1n) is 8.96. The summed E-state index contributed by atoms with van der Waals surface area (Å²) in [5.74, 6) is -0.953. The van der Waals surface area contributed by atoms with Gasteiger partial charge in [0.15, 0.2) is 5.78 Å². The minimum Gasteiger partial charge on any atom is -0.464 e. The molecule has 0 aliphatic carbocycles. The number of Topliss-reactive ketones (excluding diaryl/α,β-unsaturated/α-hetero) is 1. The molecular formula is C20H26N2O5S. The molecule has 0 saturated carbocycles. The van der Waals surface area contributed by atoms with Crippen LogP contribution in [0.5, 0.6) is 0 Å². The number of esters is 1. The van der Waals surface area contributed by atoms with Gasteiger partial charge in [-0.15, -0.1) is 0 Å². The number of hydrogen-bond acceptors (Lipinski definition) is 5. The molecule has 1 atom stereocenters. The van der Waals surface area contributed by atoms with Crippen molar-refractivity contribution in [3.05, 3.63) is 52.3 Å². The zero-order valence-electron chi connectivity index (χ0n) is 17.0. The van der Waals surface area contributed by atoms with Crippen LogP contribution in [-0.2, 0) is 14.8 Å². The van der Waals surface area contributed by atoms with Crippen LogP contribution in [0.2, 0.25) is 0 Å². The Kier molecular flexibility index (Phi) is 6.46. The molecule has 8 heteroatoms. The van der Waals surface area contributed by atoms with Crippen LogP contribution >= 0.6 is 0 Å². The van der Waals surface area contributed by atoms with E-state index in [-0.39, 0.29) is 22.9 Å². The van der Waals surface area contributed by atoms with E-state index in [2.05, 4.69) is 4.98 Å². The zero-order chi connectivity index (χ0) is 21.2. The lowest BCUT2D eigenvalue weighted by Gasteiger charge is -2.26. The summed E-state index contributed by atoms with van der Waals surface area (Å²) in [5.41, 5.74) is 2.40. The Morgan fingerprint density at radius 3 is 2.21 bits per heavy atom. The SMILES string of the molecule is CCN([C@H](C)C(=O)c1c(C)[nH]c(C(=O)OC)c1C)S(=O)(=O)c1ccc(C)cc1. The quantitative estimate of drug-likeness (QED) is 0.563. The molecular weight excluding hydrogens is 380 g/mol. The summed E-state index contributed by atoms with van der Waals surface area (Å²) in [5, 5.41) is 0. The highest BCUT2D eigenvalue weighted by Crippen LogP contribution is 2.25. The number of sulfonamides is 1. The Morgan fingerprint density at radius 1 is 1.14 bits per heavy atom. The number of likely N-dealkylation sites (N-methyl/N-ethyl adjacent to an activating group) is 1. The van der Waals surface area contributed by atoms with Crippen LogP contribution in [0.3, 0.4) is 0 Å². The molecule has 0 bridgehead atoms. The molecule has 0 saturated heterocycles. The number of ketones is 1. The molecule has 0 radical (unpaired) electrons. The average molecular weight is 407 g/mol. The maximum absolute atomic E-state index is 13.2. The number of hydrogen-bond donors (Lipinski definition) is 1. The highest BCUT2D eigenvalue weighted by Gasteiger charge is 2.34. The van der Waals surface area contributed by atoms with Crippen molar-refractivity contribution in [1.29, 1.82) is 0 Å². The fourth-order valence-electron chi connectivity index (χ4n) is 3.26. The third-order valence-corrected chi connectivity index (χ3v) is 6.88.